The number of hydrogen-bond acceptors (Lipinski definition) is 4. The van der Waals surface area contributed by atoms with Crippen molar-refractivity contribution in [1.29, 1.82) is 0 Å². The molecule has 0 saturated heterocycles. The predicted octanol–water partition coefficient (Wildman–Crippen LogP) is 2.91. The number of ketones is 1. The Morgan fingerprint density at radius 1 is 1.56 bits per heavy atom. The number of anilines is 1. The first-order valence-electron chi connectivity index (χ1n) is 4.62. The summed E-state index contributed by atoms with van der Waals surface area (Å²) in [6.07, 6.45) is 3.55. The van der Waals surface area contributed by atoms with E-state index in [9.17, 15) is 4.79 Å². The van der Waals surface area contributed by atoms with Crippen molar-refractivity contribution in [2.24, 2.45) is 0 Å². The first kappa shape index (κ1) is 11.3. The van der Waals surface area contributed by atoms with Gasteiger partial charge in [-0.05, 0) is 28.1 Å². The van der Waals surface area contributed by atoms with Crippen molar-refractivity contribution in [2.75, 3.05) is 5.73 Å². The van der Waals surface area contributed by atoms with E-state index in [4.69, 9.17) is 5.73 Å². The Bertz CT molecular complexity index is 524. The van der Waals surface area contributed by atoms with Crippen molar-refractivity contribution in [3.05, 3.63) is 44.8 Å². The van der Waals surface area contributed by atoms with Crippen molar-refractivity contribution in [3.8, 4) is 0 Å². The molecule has 0 radical (unpaired) electrons. The maximum Gasteiger partial charge on any atom is 0.177 e. The second kappa shape index (κ2) is 4.76. The summed E-state index contributed by atoms with van der Waals surface area (Å²) in [4.78, 5) is 16.6. The van der Waals surface area contributed by atoms with Crippen LogP contribution in [0.1, 0.15) is 15.2 Å². The minimum atomic E-state index is 0.0652. The van der Waals surface area contributed by atoms with E-state index in [1.165, 1.54) is 11.3 Å². The third-order valence-electron chi connectivity index (χ3n) is 2.13. The van der Waals surface area contributed by atoms with Crippen LogP contribution in [0.4, 0.5) is 5.69 Å². The van der Waals surface area contributed by atoms with E-state index >= 15 is 0 Å². The maximum absolute atomic E-state index is 11.9. The molecule has 2 aromatic rings. The molecule has 0 aliphatic rings. The fourth-order valence-electron chi connectivity index (χ4n) is 1.30. The lowest BCUT2D eigenvalue weighted by atomic mass is 10.1. The van der Waals surface area contributed by atoms with Crippen molar-refractivity contribution in [2.45, 2.75) is 6.42 Å². The molecule has 0 aliphatic carbocycles. The number of halogens is 1. The average Bonchev–Trinajstić information content (AvgIpc) is 2.68. The van der Waals surface area contributed by atoms with Crippen molar-refractivity contribution in [1.82, 2.24) is 4.98 Å². The summed E-state index contributed by atoms with van der Waals surface area (Å²) in [7, 11) is 0. The first-order valence-corrected chi connectivity index (χ1v) is 6.29. The molecule has 0 saturated carbocycles. The molecule has 0 amide bonds. The molecule has 2 heterocycles. The van der Waals surface area contributed by atoms with Gasteiger partial charge in [0.2, 0.25) is 0 Å². The van der Waals surface area contributed by atoms with E-state index in [1.807, 2.05) is 11.4 Å². The van der Waals surface area contributed by atoms with E-state index in [2.05, 4.69) is 20.9 Å². The molecule has 0 bridgehead atoms. The zero-order valence-corrected chi connectivity index (χ0v) is 10.7. The molecule has 0 atom stereocenters. The molecule has 82 valence electrons. The fourth-order valence-corrected chi connectivity index (χ4v) is 2.67. The van der Waals surface area contributed by atoms with E-state index in [0.29, 0.717) is 12.1 Å². The highest BCUT2D eigenvalue weighted by molar-refractivity contribution is 9.10. The van der Waals surface area contributed by atoms with Crippen LogP contribution in [0.2, 0.25) is 0 Å². The van der Waals surface area contributed by atoms with Crippen LogP contribution in [0.15, 0.2) is 34.4 Å². The lowest BCUT2D eigenvalue weighted by Gasteiger charge is -2.02. The normalized spacial score (nSPS) is 10.3. The maximum atomic E-state index is 11.9. The molecule has 0 aromatic carbocycles. The molecule has 5 heteroatoms. The second-order valence-corrected chi connectivity index (χ2v) is 5.13. The summed E-state index contributed by atoms with van der Waals surface area (Å²) >= 11 is 4.75. The molecule has 2 aromatic heterocycles. The van der Waals surface area contributed by atoms with Crippen LogP contribution in [0, 0.1) is 0 Å². The molecule has 0 spiro atoms. The van der Waals surface area contributed by atoms with Gasteiger partial charge in [-0.15, -0.1) is 11.3 Å². The number of Topliss-reactive ketones (excluding diaryl/α,β-unsaturated/α-hetero) is 1. The van der Waals surface area contributed by atoms with Gasteiger partial charge in [0.15, 0.2) is 5.78 Å². The number of nitrogens with zero attached hydrogens (tertiary/aromatic N) is 1. The third kappa shape index (κ3) is 2.48. The zero-order valence-electron chi connectivity index (χ0n) is 8.31. The zero-order chi connectivity index (χ0) is 11.5. The van der Waals surface area contributed by atoms with E-state index in [-0.39, 0.29) is 5.78 Å². The number of hydrogen-bond donors (Lipinski definition) is 1. The van der Waals surface area contributed by atoms with Crippen molar-refractivity contribution in [3.63, 3.8) is 0 Å². The van der Waals surface area contributed by atoms with Crippen molar-refractivity contribution < 1.29 is 4.79 Å². The van der Waals surface area contributed by atoms with Crippen LogP contribution in [-0.2, 0) is 6.42 Å². The predicted molar refractivity (Wildman–Crippen MR) is 68.7 cm³/mol. The fraction of sp³-hybridized carbons (Fsp3) is 0.0909. The highest BCUT2D eigenvalue weighted by Crippen LogP contribution is 2.22. The van der Waals surface area contributed by atoms with Crippen LogP contribution in [0.25, 0.3) is 0 Å². The number of rotatable bonds is 3. The average molecular weight is 297 g/mol. The van der Waals surface area contributed by atoms with Gasteiger partial charge in [0.05, 0.1) is 4.88 Å². The summed E-state index contributed by atoms with van der Waals surface area (Å²) in [5.41, 5.74) is 7.14. The quantitative estimate of drug-likeness (QED) is 0.886. The molecular formula is C11H9BrN2OS. The van der Waals surface area contributed by atoms with E-state index < -0.39 is 0 Å². The van der Waals surface area contributed by atoms with Gasteiger partial charge in [0.25, 0.3) is 0 Å². The highest BCUT2D eigenvalue weighted by atomic mass is 79.9. The number of carbonyl (C=O) groups excluding carboxylic acids is 1. The van der Waals surface area contributed by atoms with Gasteiger partial charge in [0, 0.05) is 39.9 Å². The number of thiophene rings is 1. The minimum Gasteiger partial charge on any atom is -0.398 e. The van der Waals surface area contributed by atoms with Crippen LogP contribution >= 0.6 is 27.3 Å². The number of nitrogens with two attached hydrogens (primary N) is 1. The van der Waals surface area contributed by atoms with Gasteiger partial charge in [-0.2, -0.15) is 0 Å². The summed E-state index contributed by atoms with van der Waals surface area (Å²) in [6.45, 7) is 0. The van der Waals surface area contributed by atoms with Gasteiger partial charge >= 0.3 is 0 Å². The molecular weight excluding hydrogens is 288 g/mol. The number of aromatic nitrogens is 1. The van der Waals surface area contributed by atoms with Gasteiger partial charge in [-0.3, -0.25) is 9.78 Å². The summed E-state index contributed by atoms with van der Waals surface area (Å²) in [6, 6.07) is 3.52. The Balaban J connectivity index is 2.17. The monoisotopic (exact) mass is 296 g/mol. The minimum absolute atomic E-state index is 0.0652. The van der Waals surface area contributed by atoms with Gasteiger partial charge in [-0.25, -0.2) is 0 Å². The first-order chi connectivity index (χ1) is 7.66. The second-order valence-electron chi connectivity index (χ2n) is 3.30. The topological polar surface area (TPSA) is 56.0 Å². The molecule has 0 aliphatic heterocycles. The molecule has 2 rings (SSSR count). The summed E-state index contributed by atoms with van der Waals surface area (Å²) in [5, 5.41) is 1.89. The Labute approximate surface area is 105 Å². The molecule has 2 N–H and O–H groups in total. The molecule has 0 fully saturated rings. The third-order valence-corrected chi connectivity index (χ3v) is 3.87. The van der Waals surface area contributed by atoms with Gasteiger partial charge < -0.3 is 5.73 Å². The lowest BCUT2D eigenvalue weighted by Crippen LogP contribution is -2.04. The highest BCUT2D eigenvalue weighted by Gasteiger charge is 2.11. The van der Waals surface area contributed by atoms with Crippen molar-refractivity contribution >= 4 is 38.7 Å². The van der Waals surface area contributed by atoms with Crippen LogP contribution in [0.5, 0.6) is 0 Å². The molecule has 16 heavy (non-hydrogen) atoms. The Morgan fingerprint density at radius 3 is 3.00 bits per heavy atom. The Kier molecular flexibility index (Phi) is 3.36. The van der Waals surface area contributed by atoms with Crippen LogP contribution < -0.4 is 5.73 Å². The number of carbonyl (C=O) groups is 1. The Hall–Kier alpha value is -1.20. The molecule has 3 nitrogen and oxygen atoms in total. The van der Waals surface area contributed by atoms with E-state index in [0.717, 1.165) is 14.9 Å². The molecule has 0 unspecified atom stereocenters. The largest absolute Gasteiger partial charge is 0.398 e. The number of nitrogen functional groups attached to an aromatic ring is 1. The van der Waals surface area contributed by atoms with Crippen LogP contribution in [0.3, 0.4) is 0 Å². The Morgan fingerprint density at radius 2 is 2.38 bits per heavy atom. The lowest BCUT2D eigenvalue weighted by molar-refractivity contribution is 0.0997. The smallest absolute Gasteiger partial charge is 0.177 e. The van der Waals surface area contributed by atoms with Gasteiger partial charge in [-0.1, -0.05) is 0 Å². The summed E-state index contributed by atoms with van der Waals surface area (Å²) < 4.78 is 0.931. The van der Waals surface area contributed by atoms with Crippen LogP contribution in [-0.4, -0.2) is 10.8 Å². The SMILES string of the molecule is Nc1ccncc1CC(=O)c1cc(Br)cs1. The number of pyridine rings is 1. The summed E-state index contributed by atoms with van der Waals surface area (Å²) in [5.74, 6) is 0.0652. The van der Waals surface area contributed by atoms with Gasteiger partial charge in [0.1, 0.15) is 0 Å². The standard InChI is InChI=1S/C11H9BrN2OS/c12-8-4-11(16-6-8)10(15)3-7-5-14-2-1-9(7)13/h1-2,4-6H,3H2,(H2,13,14). The van der Waals surface area contributed by atoms with E-state index in [1.54, 1.807) is 18.5 Å².